The van der Waals surface area contributed by atoms with Gasteiger partial charge in [-0.1, -0.05) is 15.9 Å². The highest BCUT2D eigenvalue weighted by Gasteiger charge is 2.39. The molecule has 1 aliphatic rings. The summed E-state index contributed by atoms with van der Waals surface area (Å²) in [6, 6.07) is 3.03. The van der Waals surface area contributed by atoms with Gasteiger partial charge >= 0.3 is 5.97 Å². The summed E-state index contributed by atoms with van der Waals surface area (Å²) < 4.78 is 30.0. The zero-order valence-corrected chi connectivity index (χ0v) is 11.5. The third kappa shape index (κ3) is 2.16. The number of carbonyl (C=O) groups is 1. The number of benzene rings is 1. The summed E-state index contributed by atoms with van der Waals surface area (Å²) in [6.07, 6.45) is 0. The smallest absolute Gasteiger partial charge is 0.348 e. The van der Waals surface area contributed by atoms with Gasteiger partial charge in [-0.25, -0.2) is 9.18 Å². The van der Waals surface area contributed by atoms with E-state index in [0.29, 0.717) is 16.0 Å². The standard InChI is InChI=1S/C12H12BrFO4/c1-3-16-11(15)12(2,14)7-4-9-10(5-8(7)13)18-6-17-9/h4-5H,3,6H2,1-2H3. The summed E-state index contributed by atoms with van der Waals surface area (Å²) in [5, 5.41) is 0. The molecule has 1 unspecified atom stereocenters. The van der Waals surface area contributed by atoms with Crippen LogP contribution in [0.3, 0.4) is 0 Å². The van der Waals surface area contributed by atoms with E-state index in [1.165, 1.54) is 6.07 Å². The fourth-order valence-corrected chi connectivity index (χ4v) is 2.35. The van der Waals surface area contributed by atoms with Gasteiger partial charge in [0.15, 0.2) is 11.5 Å². The first-order valence-corrected chi connectivity index (χ1v) is 6.22. The maximum atomic E-state index is 14.5. The van der Waals surface area contributed by atoms with Crippen molar-refractivity contribution in [2.24, 2.45) is 0 Å². The summed E-state index contributed by atoms with van der Waals surface area (Å²) >= 11 is 3.22. The molecule has 0 fully saturated rings. The Morgan fingerprint density at radius 3 is 2.72 bits per heavy atom. The van der Waals surface area contributed by atoms with Crippen LogP contribution >= 0.6 is 15.9 Å². The maximum absolute atomic E-state index is 14.5. The predicted molar refractivity (Wildman–Crippen MR) is 65.4 cm³/mol. The van der Waals surface area contributed by atoms with Gasteiger partial charge in [-0.05, 0) is 26.0 Å². The van der Waals surface area contributed by atoms with Crippen molar-refractivity contribution >= 4 is 21.9 Å². The first kappa shape index (κ1) is 13.1. The summed E-state index contributed by atoms with van der Waals surface area (Å²) in [5.41, 5.74) is -2.08. The van der Waals surface area contributed by atoms with Crippen LogP contribution in [-0.4, -0.2) is 19.4 Å². The van der Waals surface area contributed by atoms with Crippen LogP contribution in [0.2, 0.25) is 0 Å². The van der Waals surface area contributed by atoms with Crippen molar-refractivity contribution in [3.05, 3.63) is 22.2 Å². The predicted octanol–water partition coefficient (Wildman–Crippen LogP) is 2.93. The van der Waals surface area contributed by atoms with Gasteiger partial charge in [0.05, 0.1) is 6.61 Å². The molecule has 0 aromatic heterocycles. The average Bonchev–Trinajstić information content (AvgIpc) is 2.75. The molecule has 2 rings (SSSR count). The Bertz CT molecular complexity index is 487. The summed E-state index contributed by atoms with van der Waals surface area (Å²) in [7, 11) is 0. The zero-order chi connectivity index (χ0) is 13.3. The minimum Gasteiger partial charge on any atom is -0.463 e. The maximum Gasteiger partial charge on any atom is 0.348 e. The number of esters is 1. The molecule has 0 bridgehead atoms. The van der Waals surface area contributed by atoms with Gasteiger partial charge in [-0.15, -0.1) is 0 Å². The van der Waals surface area contributed by atoms with Crippen LogP contribution in [0.5, 0.6) is 11.5 Å². The van der Waals surface area contributed by atoms with Crippen molar-refractivity contribution in [2.45, 2.75) is 19.5 Å². The van der Waals surface area contributed by atoms with Crippen molar-refractivity contribution in [3.63, 3.8) is 0 Å². The van der Waals surface area contributed by atoms with E-state index in [4.69, 9.17) is 14.2 Å². The fourth-order valence-electron chi connectivity index (χ4n) is 1.65. The quantitative estimate of drug-likeness (QED) is 0.804. The lowest BCUT2D eigenvalue weighted by Crippen LogP contribution is -2.30. The molecule has 0 aliphatic carbocycles. The second-order valence-electron chi connectivity index (χ2n) is 3.91. The number of ether oxygens (including phenoxy) is 3. The lowest BCUT2D eigenvalue weighted by molar-refractivity contribution is -0.156. The molecule has 1 aromatic rings. The molecule has 6 heteroatoms. The van der Waals surface area contributed by atoms with Crippen LogP contribution in [-0.2, 0) is 15.2 Å². The number of rotatable bonds is 3. The second-order valence-corrected chi connectivity index (χ2v) is 4.76. The van der Waals surface area contributed by atoms with E-state index in [9.17, 15) is 9.18 Å². The summed E-state index contributed by atoms with van der Waals surface area (Å²) in [5.74, 6) is 0.0104. The number of fused-ring (bicyclic) bond motifs is 1. The topological polar surface area (TPSA) is 44.8 Å². The van der Waals surface area contributed by atoms with E-state index < -0.39 is 11.6 Å². The summed E-state index contributed by atoms with van der Waals surface area (Å²) in [6.45, 7) is 3.00. The Kier molecular flexibility index (Phi) is 3.47. The van der Waals surface area contributed by atoms with Crippen LogP contribution in [0.1, 0.15) is 19.4 Å². The minimum atomic E-state index is -2.24. The highest BCUT2D eigenvalue weighted by molar-refractivity contribution is 9.10. The van der Waals surface area contributed by atoms with E-state index in [1.807, 2.05) is 0 Å². The van der Waals surface area contributed by atoms with E-state index in [0.717, 1.165) is 6.92 Å². The number of carbonyl (C=O) groups excluding carboxylic acids is 1. The third-order valence-electron chi connectivity index (χ3n) is 2.63. The normalized spacial score (nSPS) is 16.2. The fraction of sp³-hybridized carbons (Fsp3) is 0.417. The Hall–Kier alpha value is -1.30. The van der Waals surface area contributed by atoms with Crippen molar-refractivity contribution in [1.29, 1.82) is 0 Å². The molecule has 0 saturated carbocycles. The van der Waals surface area contributed by atoms with Gasteiger partial charge in [0.2, 0.25) is 12.5 Å². The van der Waals surface area contributed by atoms with Crippen LogP contribution in [0.4, 0.5) is 4.39 Å². The van der Waals surface area contributed by atoms with Crippen molar-refractivity contribution in [3.8, 4) is 11.5 Å². The molecule has 18 heavy (non-hydrogen) atoms. The van der Waals surface area contributed by atoms with Crippen molar-refractivity contribution in [1.82, 2.24) is 0 Å². The highest BCUT2D eigenvalue weighted by atomic mass is 79.9. The highest BCUT2D eigenvalue weighted by Crippen LogP contribution is 2.42. The van der Waals surface area contributed by atoms with Crippen molar-refractivity contribution in [2.75, 3.05) is 13.4 Å². The molecule has 0 radical (unpaired) electrons. The molecular weight excluding hydrogens is 307 g/mol. The molecule has 1 aliphatic heterocycles. The summed E-state index contributed by atoms with van der Waals surface area (Å²) in [4.78, 5) is 11.6. The minimum absolute atomic E-state index is 0.0909. The third-order valence-corrected chi connectivity index (χ3v) is 3.28. The number of alkyl halides is 1. The zero-order valence-electron chi connectivity index (χ0n) is 9.96. The van der Waals surface area contributed by atoms with Crippen LogP contribution in [0.15, 0.2) is 16.6 Å². The molecular formula is C12H12BrFO4. The second kappa shape index (κ2) is 4.76. The van der Waals surface area contributed by atoms with Crippen LogP contribution in [0, 0.1) is 0 Å². The Labute approximate surface area is 112 Å². The van der Waals surface area contributed by atoms with Gasteiger partial charge in [0.1, 0.15) is 0 Å². The van der Waals surface area contributed by atoms with Gasteiger partial charge in [0.25, 0.3) is 0 Å². The molecule has 98 valence electrons. The Balaban J connectivity index is 2.41. The lowest BCUT2D eigenvalue weighted by Gasteiger charge is -2.20. The largest absolute Gasteiger partial charge is 0.463 e. The first-order valence-electron chi connectivity index (χ1n) is 5.42. The molecule has 4 nitrogen and oxygen atoms in total. The number of hydrogen-bond donors (Lipinski definition) is 0. The average molecular weight is 319 g/mol. The molecule has 0 saturated heterocycles. The molecule has 1 heterocycles. The monoisotopic (exact) mass is 318 g/mol. The van der Waals surface area contributed by atoms with Gasteiger partial charge in [0, 0.05) is 10.0 Å². The van der Waals surface area contributed by atoms with Gasteiger partial charge in [-0.3, -0.25) is 0 Å². The Morgan fingerprint density at radius 2 is 2.11 bits per heavy atom. The van der Waals surface area contributed by atoms with E-state index in [2.05, 4.69) is 15.9 Å². The molecule has 0 amide bonds. The van der Waals surface area contributed by atoms with Crippen LogP contribution in [0.25, 0.3) is 0 Å². The van der Waals surface area contributed by atoms with Gasteiger partial charge in [-0.2, -0.15) is 0 Å². The molecule has 0 N–H and O–H groups in total. The van der Waals surface area contributed by atoms with E-state index in [1.54, 1.807) is 13.0 Å². The lowest BCUT2D eigenvalue weighted by atomic mass is 9.97. The van der Waals surface area contributed by atoms with Gasteiger partial charge < -0.3 is 14.2 Å². The number of hydrogen-bond acceptors (Lipinski definition) is 4. The SMILES string of the molecule is CCOC(=O)C(C)(F)c1cc2c(cc1Br)OCO2. The Morgan fingerprint density at radius 1 is 1.50 bits per heavy atom. The van der Waals surface area contributed by atoms with Crippen molar-refractivity contribution < 1.29 is 23.4 Å². The van der Waals surface area contributed by atoms with E-state index >= 15 is 0 Å². The van der Waals surface area contributed by atoms with Crippen LogP contribution < -0.4 is 9.47 Å². The molecule has 1 atom stereocenters. The van der Waals surface area contributed by atoms with E-state index in [-0.39, 0.29) is 19.0 Å². The molecule has 1 aromatic carbocycles. The first-order chi connectivity index (χ1) is 8.46. The molecule has 0 spiro atoms. The number of halogens is 2.